The molecule has 0 atom stereocenters. The summed E-state index contributed by atoms with van der Waals surface area (Å²) in [5.74, 6) is 1.07. The number of hydrogen-bond donors (Lipinski definition) is 0. The summed E-state index contributed by atoms with van der Waals surface area (Å²) < 4.78 is 12.7. The van der Waals surface area contributed by atoms with Gasteiger partial charge in [-0.2, -0.15) is 5.10 Å². The zero-order valence-corrected chi connectivity index (χ0v) is 15.7. The van der Waals surface area contributed by atoms with Gasteiger partial charge in [0.05, 0.1) is 39.9 Å². The Morgan fingerprint density at radius 3 is 2.52 bits per heavy atom. The van der Waals surface area contributed by atoms with Gasteiger partial charge in [-0.25, -0.2) is 19.6 Å². The summed E-state index contributed by atoms with van der Waals surface area (Å²) in [4.78, 5) is 13.1. The van der Waals surface area contributed by atoms with Gasteiger partial charge in [-0.1, -0.05) is 45.8 Å². The van der Waals surface area contributed by atoms with E-state index in [0.29, 0.717) is 37.0 Å². The quantitative estimate of drug-likeness (QED) is 0.433. The molecule has 0 radical (unpaired) electrons. The zero-order chi connectivity index (χ0) is 16.6. The van der Waals surface area contributed by atoms with Crippen molar-refractivity contribution in [3.63, 3.8) is 0 Å². The van der Waals surface area contributed by atoms with Crippen LogP contribution in [0, 0.1) is 0 Å². The van der Waals surface area contributed by atoms with Crippen LogP contribution in [0.3, 0.4) is 0 Å². The predicted octanol–water partition coefficient (Wildman–Crippen LogP) is 3.60. The number of alkyl halides is 1. The molecule has 2 heterocycles. The minimum Gasteiger partial charge on any atom is -0.477 e. The van der Waals surface area contributed by atoms with E-state index in [4.69, 9.17) is 32.7 Å². The van der Waals surface area contributed by atoms with Gasteiger partial charge in [0.2, 0.25) is 0 Å². The maximum Gasteiger partial charge on any atom is 0.278 e. The van der Waals surface area contributed by atoms with Crippen LogP contribution in [0.15, 0.2) is 12.4 Å². The molecule has 0 bridgehead atoms. The lowest BCUT2D eigenvalue weighted by Gasteiger charge is -2.12. The summed E-state index contributed by atoms with van der Waals surface area (Å²) in [7, 11) is 2.98. The Bertz CT molecular complexity index is 886. The Morgan fingerprint density at radius 1 is 1.17 bits per heavy atom. The van der Waals surface area contributed by atoms with Gasteiger partial charge in [0.1, 0.15) is 11.8 Å². The van der Waals surface area contributed by atoms with Crippen molar-refractivity contribution in [2.24, 2.45) is 0 Å². The van der Waals surface area contributed by atoms with Crippen molar-refractivity contribution in [2.75, 3.05) is 14.2 Å². The van der Waals surface area contributed by atoms with Crippen LogP contribution in [0.5, 0.6) is 11.8 Å². The fraction of sp³-hybridized carbons (Fsp3) is 0.231. The number of nitrogens with zero attached hydrogens (tertiary/aromatic N) is 5. The van der Waals surface area contributed by atoms with Crippen molar-refractivity contribution in [1.29, 1.82) is 0 Å². The van der Waals surface area contributed by atoms with E-state index >= 15 is 0 Å². The molecule has 2 aromatic heterocycles. The van der Waals surface area contributed by atoms with E-state index < -0.39 is 0 Å². The molecule has 3 aromatic rings. The third-order valence-corrected chi connectivity index (χ3v) is 4.56. The molecule has 0 aliphatic heterocycles. The van der Waals surface area contributed by atoms with E-state index in [2.05, 4.69) is 42.6 Å². The number of benzene rings is 1. The van der Waals surface area contributed by atoms with Crippen LogP contribution in [-0.2, 0) is 4.55 Å². The molecule has 0 aliphatic carbocycles. The average molecular weight is 466 g/mol. The smallest absolute Gasteiger partial charge is 0.278 e. The van der Waals surface area contributed by atoms with E-state index in [-0.39, 0.29) is 11.8 Å². The van der Waals surface area contributed by atoms with Gasteiger partial charge in [-0.3, -0.25) is 0 Å². The Morgan fingerprint density at radius 2 is 1.87 bits per heavy atom. The number of aromatic nitrogens is 5. The molecule has 0 saturated heterocycles. The number of rotatable bonds is 4. The summed E-state index contributed by atoms with van der Waals surface area (Å²) in [6.45, 7) is 0. The first kappa shape index (κ1) is 16.5. The van der Waals surface area contributed by atoms with E-state index in [0.717, 1.165) is 0 Å². The van der Waals surface area contributed by atoms with Crippen LogP contribution in [0.4, 0.5) is 0 Å². The highest BCUT2D eigenvalue weighted by molar-refractivity contribution is 14.1. The van der Waals surface area contributed by atoms with Gasteiger partial charge < -0.3 is 9.47 Å². The second-order valence-electron chi connectivity index (χ2n) is 4.36. The van der Waals surface area contributed by atoms with E-state index in [9.17, 15) is 0 Å². The first-order chi connectivity index (χ1) is 11.1. The zero-order valence-electron chi connectivity index (χ0n) is 12.0. The fourth-order valence-electron chi connectivity index (χ4n) is 2.12. The Balaban J connectivity index is 2.41. The van der Waals surface area contributed by atoms with Crippen LogP contribution in [0.1, 0.15) is 0 Å². The van der Waals surface area contributed by atoms with Crippen molar-refractivity contribution in [2.45, 2.75) is 4.55 Å². The van der Waals surface area contributed by atoms with Crippen LogP contribution < -0.4 is 9.47 Å². The van der Waals surface area contributed by atoms with Crippen molar-refractivity contribution in [3.05, 3.63) is 22.4 Å². The number of halogens is 3. The maximum absolute atomic E-state index is 6.41. The number of ether oxygens (including phenoxy) is 2. The van der Waals surface area contributed by atoms with Gasteiger partial charge in [0, 0.05) is 0 Å². The highest BCUT2D eigenvalue weighted by Crippen LogP contribution is 2.40. The molecule has 120 valence electrons. The molecule has 23 heavy (non-hydrogen) atoms. The highest BCUT2D eigenvalue weighted by Gasteiger charge is 2.21. The molecule has 0 saturated carbocycles. The van der Waals surface area contributed by atoms with Gasteiger partial charge in [0.15, 0.2) is 5.82 Å². The molecule has 0 unspecified atom stereocenters. The molecule has 3 rings (SSSR count). The van der Waals surface area contributed by atoms with Crippen molar-refractivity contribution in [1.82, 2.24) is 24.7 Å². The van der Waals surface area contributed by atoms with Crippen molar-refractivity contribution >= 4 is 56.8 Å². The first-order valence-electron chi connectivity index (χ1n) is 6.32. The lowest BCUT2D eigenvalue weighted by Crippen LogP contribution is -2.02. The third kappa shape index (κ3) is 2.79. The average Bonchev–Trinajstić information content (AvgIpc) is 3.03. The molecule has 7 nitrogen and oxygen atoms in total. The summed E-state index contributed by atoms with van der Waals surface area (Å²) in [6, 6.07) is 1.63. The van der Waals surface area contributed by atoms with E-state index in [1.54, 1.807) is 10.7 Å². The van der Waals surface area contributed by atoms with Gasteiger partial charge >= 0.3 is 0 Å². The molecule has 0 N–H and O–H groups in total. The van der Waals surface area contributed by atoms with Crippen LogP contribution in [0.2, 0.25) is 10.0 Å². The monoisotopic (exact) mass is 465 g/mol. The first-order valence-corrected chi connectivity index (χ1v) is 8.60. The van der Waals surface area contributed by atoms with Crippen LogP contribution in [0.25, 0.3) is 22.4 Å². The summed E-state index contributed by atoms with van der Waals surface area (Å²) in [5, 5.41) is 4.84. The molecule has 1 aromatic carbocycles. The summed E-state index contributed by atoms with van der Waals surface area (Å²) in [5.41, 5.74) is 1.59. The van der Waals surface area contributed by atoms with E-state index in [1.807, 2.05) is 0 Å². The van der Waals surface area contributed by atoms with Crippen molar-refractivity contribution < 1.29 is 9.47 Å². The largest absolute Gasteiger partial charge is 0.477 e. The summed E-state index contributed by atoms with van der Waals surface area (Å²) in [6.07, 6.45) is 1.45. The number of methoxy groups -OCH3 is 2. The maximum atomic E-state index is 6.41. The number of fused-ring (bicyclic) bond motifs is 1. The topological polar surface area (TPSA) is 75.0 Å². The molecular weight excluding hydrogens is 456 g/mol. The third-order valence-electron chi connectivity index (χ3n) is 3.13. The van der Waals surface area contributed by atoms with Crippen molar-refractivity contribution in [3.8, 4) is 23.1 Å². The summed E-state index contributed by atoms with van der Waals surface area (Å²) >= 11 is 14.8. The normalized spacial score (nSPS) is 11.0. The van der Waals surface area contributed by atoms with Crippen LogP contribution in [-0.4, -0.2) is 39.0 Å². The lowest BCUT2D eigenvalue weighted by atomic mass is 10.1. The molecule has 0 aliphatic rings. The van der Waals surface area contributed by atoms with E-state index in [1.165, 1.54) is 20.5 Å². The minimum atomic E-state index is 0.250. The molecule has 0 spiro atoms. The standard InChI is InChI=1S/C13H10Cl2IN5O2/c1-22-12-13(23-2)20-10-7(19-12)3-6(14)9(15)8(10)11-17-5-18-21(11)4-16/h3,5H,4H2,1-2H3. The Kier molecular flexibility index (Phi) is 4.74. The van der Waals surface area contributed by atoms with Gasteiger partial charge in [-0.15, -0.1) is 0 Å². The van der Waals surface area contributed by atoms with Gasteiger partial charge in [-0.05, 0) is 6.07 Å². The minimum absolute atomic E-state index is 0.250. The fourth-order valence-corrected chi connectivity index (χ4v) is 3.05. The number of hydrogen-bond acceptors (Lipinski definition) is 6. The van der Waals surface area contributed by atoms with Crippen LogP contribution >= 0.6 is 45.8 Å². The SMILES string of the molecule is COc1nc2cc(Cl)c(Cl)c(-c3ncnn3CI)c2nc1OC. The second-order valence-corrected chi connectivity index (χ2v) is 5.83. The molecule has 0 fully saturated rings. The van der Waals surface area contributed by atoms with Gasteiger partial charge in [0.25, 0.3) is 11.8 Å². The molecular formula is C13H10Cl2IN5O2. The highest BCUT2D eigenvalue weighted by atomic mass is 127. The molecule has 0 amide bonds. The lowest BCUT2D eigenvalue weighted by molar-refractivity contribution is 0.334. The Labute approximate surface area is 155 Å². The Hall–Kier alpha value is -1.39. The molecule has 10 heteroatoms. The second kappa shape index (κ2) is 6.62. The predicted molar refractivity (Wildman–Crippen MR) is 95.7 cm³/mol.